The number of rotatable bonds is 1. The molecule has 1 atom stereocenters. The van der Waals surface area contributed by atoms with Crippen LogP contribution in [0.3, 0.4) is 0 Å². The van der Waals surface area contributed by atoms with Gasteiger partial charge in [-0.3, -0.25) is 0 Å². The van der Waals surface area contributed by atoms with Gasteiger partial charge in [0, 0.05) is 30.9 Å². The van der Waals surface area contributed by atoms with Crippen LogP contribution in [0.2, 0.25) is 0 Å². The van der Waals surface area contributed by atoms with Gasteiger partial charge in [-0.1, -0.05) is 0 Å². The molecule has 0 aliphatic carbocycles. The van der Waals surface area contributed by atoms with Gasteiger partial charge in [-0.25, -0.2) is 0 Å². The molecule has 0 aromatic heterocycles. The summed E-state index contributed by atoms with van der Waals surface area (Å²) >= 11 is 0. The van der Waals surface area contributed by atoms with Crippen molar-refractivity contribution in [2.45, 2.75) is 31.0 Å². The Labute approximate surface area is 106 Å². The predicted octanol–water partition coefficient (Wildman–Crippen LogP) is 2.06. The molecule has 1 spiro atoms. The Hall–Kier alpha value is -1.26. The fourth-order valence-electron chi connectivity index (χ4n) is 2.79. The fourth-order valence-corrected chi connectivity index (χ4v) is 2.79. The Balaban J connectivity index is 1.94. The molecule has 1 fully saturated rings. The lowest BCUT2D eigenvalue weighted by Crippen LogP contribution is -2.45. The van der Waals surface area contributed by atoms with Gasteiger partial charge in [0.25, 0.3) is 0 Å². The molecule has 1 aromatic rings. The second-order valence-electron chi connectivity index (χ2n) is 5.02. The van der Waals surface area contributed by atoms with Crippen LogP contribution in [-0.4, -0.2) is 31.0 Å². The number of fused-ring (bicyclic) bond motifs is 1. The predicted molar refractivity (Wildman–Crippen MR) is 66.0 cm³/mol. The summed E-state index contributed by atoms with van der Waals surface area (Å²) in [5, 5.41) is 10.3. The molecule has 1 N–H and O–H groups in total. The lowest BCUT2D eigenvalue weighted by atomic mass is 9.83. The van der Waals surface area contributed by atoms with E-state index >= 15 is 0 Å². The second kappa shape index (κ2) is 4.44. The minimum atomic E-state index is -0.460. The average molecular weight is 250 g/mol. The monoisotopic (exact) mass is 250 g/mol. The first-order valence-electron chi connectivity index (χ1n) is 6.35. The molecular formula is C14H18O4. The summed E-state index contributed by atoms with van der Waals surface area (Å²) in [6.07, 6.45) is 1.86. The molecule has 2 aliphatic rings. The molecule has 18 heavy (non-hydrogen) atoms. The van der Waals surface area contributed by atoms with Crippen LogP contribution in [0.4, 0.5) is 0 Å². The van der Waals surface area contributed by atoms with Crippen molar-refractivity contribution in [3.8, 4) is 11.5 Å². The zero-order valence-corrected chi connectivity index (χ0v) is 10.5. The van der Waals surface area contributed by atoms with Crippen molar-refractivity contribution in [3.63, 3.8) is 0 Å². The number of benzene rings is 1. The topological polar surface area (TPSA) is 47.9 Å². The van der Waals surface area contributed by atoms with Crippen LogP contribution in [0, 0.1) is 0 Å². The summed E-state index contributed by atoms with van der Waals surface area (Å²) in [4.78, 5) is 0. The van der Waals surface area contributed by atoms with Crippen LogP contribution >= 0.6 is 0 Å². The minimum Gasteiger partial charge on any atom is -0.497 e. The van der Waals surface area contributed by atoms with Gasteiger partial charge in [-0.05, 0) is 12.1 Å². The quantitative estimate of drug-likeness (QED) is 0.828. The molecule has 1 aromatic carbocycles. The van der Waals surface area contributed by atoms with E-state index in [0.717, 1.165) is 29.9 Å². The number of aliphatic hydroxyl groups is 1. The Kier molecular flexibility index (Phi) is 2.92. The van der Waals surface area contributed by atoms with Gasteiger partial charge in [0.15, 0.2) is 0 Å². The third-order valence-electron chi connectivity index (χ3n) is 3.88. The zero-order chi connectivity index (χ0) is 12.6. The van der Waals surface area contributed by atoms with Crippen LogP contribution in [0.5, 0.6) is 11.5 Å². The van der Waals surface area contributed by atoms with E-state index in [0.29, 0.717) is 19.6 Å². The molecular weight excluding hydrogens is 232 g/mol. The maximum Gasteiger partial charge on any atom is 0.129 e. The fraction of sp³-hybridized carbons (Fsp3) is 0.571. The van der Waals surface area contributed by atoms with E-state index in [1.165, 1.54) is 0 Å². The number of aliphatic hydroxyl groups excluding tert-OH is 1. The molecule has 2 heterocycles. The third-order valence-corrected chi connectivity index (χ3v) is 3.88. The lowest BCUT2D eigenvalue weighted by Gasteiger charge is -2.43. The first-order valence-corrected chi connectivity index (χ1v) is 6.35. The molecule has 1 saturated heterocycles. The smallest absolute Gasteiger partial charge is 0.129 e. The van der Waals surface area contributed by atoms with Gasteiger partial charge in [0.05, 0.1) is 26.4 Å². The molecule has 0 bridgehead atoms. The summed E-state index contributed by atoms with van der Waals surface area (Å²) in [5.74, 6) is 1.50. The van der Waals surface area contributed by atoms with Gasteiger partial charge in [-0.2, -0.15) is 0 Å². The maximum atomic E-state index is 10.3. The largest absolute Gasteiger partial charge is 0.497 e. The van der Waals surface area contributed by atoms with E-state index < -0.39 is 6.10 Å². The molecule has 1 unspecified atom stereocenters. The Morgan fingerprint density at radius 1 is 1.33 bits per heavy atom. The minimum absolute atomic E-state index is 0.267. The van der Waals surface area contributed by atoms with Crippen molar-refractivity contribution >= 4 is 0 Å². The average Bonchev–Trinajstić information content (AvgIpc) is 2.38. The Morgan fingerprint density at radius 3 is 2.83 bits per heavy atom. The van der Waals surface area contributed by atoms with Crippen molar-refractivity contribution in [3.05, 3.63) is 23.8 Å². The van der Waals surface area contributed by atoms with E-state index in [1.807, 2.05) is 18.2 Å². The zero-order valence-electron chi connectivity index (χ0n) is 10.5. The number of hydrogen-bond donors (Lipinski definition) is 1. The SMILES string of the molecule is COc1ccc2c(c1)OC1(CCOCC1)CC2O. The first kappa shape index (κ1) is 11.8. The van der Waals surface area contributed by atoms with E-state index in [1.54, 1.807) is 7.11 Å². The molecule has 98 valence electrons. The molecule has 2 aliphatic heterocycles. The summed E-state index contributed by atoms with van der Waals surface area (Å²) < 4.78 is 16.7. The van der Waals surface area contributed by atoms with E-state index in [2.05, 4.69) is 0 Å². The molecule has 0 amide bonds. The summed E-state index contributed by atoms with van der Waals surface area (Å²) in [6.45, 7) is 1.40. The second-order valence-corrected chi connectivity index (χ2v) is 5.02. The number of ether oxygens (including phenoxy) is 3. The van der Waals surface area contributed by atoms with Crippen molar-refractivity contribution in [2.75, 3.05) is 20.3 Å². The highest BCUT2D eigenvalue weighted by Gasteiger charge is 2.41. The van der Waals surface area contributed by atoms with Crippen molar-refractivity contribution < 1.29 is 19.3 Å². The van der Waals surface area contributed by atoms with Crippen LogP contribution in [-0.2, 0) is 4.74 Å². The summed E-state index contributed by atoms with van der Waals surface area (Å²) in [6, 6.07) is 5.59. The number of methoxy groups -OCH3 is 1. The highest BCUT2D eigenvalue weighted by Crippen LogP contribution is 2.44. The van der Waals surface area contributed by atoms with Crippen LogP contribution < -0.4 is 9.47 Å². The van der Waals surface area contributed by atoms with Crippen LogP contribution in [0.15, 0.2) is 18.2 Å². The molecule has 4 heteroatoms. The van der Waals surface area contributed by atoms with Gasteiger partial charge < -0.3 is 19.3 Å². The standard InChI is InChI=1S/C14H18O4/c1-16-10-2-3-11-12(15)9-14(18-13(11)8-10)4-6-17-7-5-14/h2-3,8,12,15H,4-7,9H2,1H3. The van der Waals surface area contributed by atoms with Gasteiger partial charge >= 0.3 is 0 Å². The van der Waals surface area contributed by atoms with Gasteiger partial charge in [0.1, 0.15) is 17.1 Å². The molecule has 4 nitrogen and oxygen atoms in total. The highest BCUT2D eigenvalue weighted by molar-refractivity contribution is 5.44. The molecule has 3 rings (SSSR count). The van der Waals surface area contributed by atoms with Crippen LogP contribution in [0.25, 0.3) is 0 Å². The van der Waals surface area contributed by atoms with Gasteiger partial charge in [0.2, 0.25) is 0 Å². The normalized spacial score (nSPS) is 25.3. The number of hydrogen-bond acceptors (Lipinski definition) is 4. The van der Waals surface area contributed by atoms with Crippen molar-refractivity contribution in [1.29, 1.82) is 0 Å². The first-order chi connectivity index (χ1) is 8.72. The van der Waals surface area contributed by atoms with Crippen molar-refractivity contribution in [2.24, 2.45) is 0 Å². The molecule has 0 radical (unpaired) electrons. The van der Waals surface area contributed by atoms with Crippen molar-refractivity contribution in [1.82, 2.24) is 0 Å². The Bertz CT molecular complexity index is 437. The lowest BCUT2D eigenvalue weighted by molar-refractivity contribution is -0.0839. The summed E-state index contributed by atoms with van der Waals surface area (Å²) in [5.41, 5.74) is 0.588. The summed E-state index contributed by atoms with van der Waals surface area (Å²) in [7, 11) is 1.63. The van der Waals surface area contributed by atoms with E-state index in [9.17, 15) is 5.11 Å². The highest BCUT2D eigenvalue weighted by atomic mass is 16.5. The molecule has 0 saturated carbocycles. The van der Waals surface area contributed by atoms with E-state index in [-0.39, 0.29) is 5.60 Å². The van der Waals surface area contributed by atoms with Crippen LogP contribution in [0.1, 0.15) is 30.9 Å². The van der Waals surface area contributed by atoms with E-state index in [4.69, 9.17) is 14.2 Å². The third kappa shape index (κ3) is 1.95. The Morgan fingerprint density at radius 2 is 2.11 bits per heavy atom. The maximum absolute atomic E-state index is 10.3. The van der Waals surface area contributed by atoms with Gasteiger partial charge in [-0.15, -0.1) is 0 Å².